The van der Waals surface area contributed by atoms with Crippen LogP contribution < -0.4 is 5.73 Å². The summed E-state index contributed by atoms with van der Waals surface area (Å²) in [5.74, 6) is 0. The van der Waals surface area contributed by atoms with Gasteiger partial charge in [-0.2, -0.15) is 0 Å². The monoisotopic (exact) mass is 301 g/mol. The zero-order valence-electron chi connectivity index (χ0n) is 8.68. The number of rotatable bonds is 3. The fourth-order valence-electron chi connectivity index (χ4n) is 1.52. The van der Waals surface area contributed by atoms with Gasteiger partial charge in [0.1, 0.15) is 0 Å². The van der Waals surface area contributed by atoms with E-state index in [1.54, 1.807) is 0 Å². The fourth-order valence-corrected chi connectivity index (χ4v) is 2.00. The van der Waals surface area contributed by atoms with E-state index in [9.17, 15) is 0 Å². The molecule has 1 rings (SSSR count). The minimum absolute atomic E-state index is 0.0827. The second-order valence-corrected chi connectivity index (χ2v) is 5.14. The highest BCUT2D eigenvalue weighted by molar-refractivity contribution is 14.1. The molecule has 0 saturated heterocycles. The molecule has 0 saturated carbocycles. The zero-order chi connectivity index (χ0) is 10.7. The quantitative estimate of drug-likeness (QED) is 0.848. The standard InChI is InChI=1S/C12H16IN/c1-8-5-4-6-11(10(8)3)12(14)7-9(2)13/h4-6,12H,2,7,14H2,1,3H3. The maximum absolute atomic E-state index is 6.10. The van der Waals surface area contributed by atoms with Crippen LogP contribution in [-0.2, 0) is 0 Å². The molecule has 0 aliphatic heterocycles. The Morgan fingerprint density at radius 3 is 2.71 bits per heavy atom. The lowest BCUT2D eigenvalue weighted by Gasteiger charge is -2.15. The molecule has 0 aliphatic rings. The van der Waals surface area contributed by atoms with Crippen molar-refractivity contribution in [2.24, 2.45) is 5.73 Å². The molecule has 76 valence electrons. The zero-order valence-corrected chi connectivity index (χ0v) is 10.8. The molecule has 2 N–H and O–H groups in total. The van der Waals surface area contributed by atoms with Crippen LogP contribution in [0, 0.1) is 13.8 Å². The Hall–Kier alpha value is -0.350. The summed E-state index contributed by atoms with van der Waals surface area (Å²) >= 11 is 2.23. The Morgan fingerprint density at radius 1 is 1.50 bits per heavy atom. The van der Waals surface area contributed by atoms with E-state index in [0.717, 1.165) is 10.0 Å². The highest BCUT2D eigenvalue weighted by Crippen LogP contribution is 2.25. The Labute approximate surface area is 99.5 Å². The van der Waals surface area contributed by atoms with Gasteiger partial charge in [-0.05, 0) is 63.1 Å². The third-order valence-corrected chi connectivity index (χ3v) is 2.93. The Morgan fingerprint density at radius 2 is 2.14 bits per heavy atom. The number of benzene rings is 1. The number of hydrogen-bond acceptors (Lipinski definition) is 1. The van der Waals surface area contributed by atoms with Crippen LogP contribution in [0.3, 0.4) is 0 Å². The molecule has 0 spiro atoms. The molecule has 0 amide bonds. The minimum atomic E-state index is 0.0827. The smallest absolute Gasteiger partial charge is 0.0342 e. The van der Waals surface area contributed by atoms with Crippen LogP contribution in [0.25, 0.3) is 0 Å². The summed E-state index contributed by atoms with van der Waals surface area (Å²) in [7, 11) is 0. The van der Waals surface area contributed by atoms with Crippen molar-refractivity contribution in [2.75, 3.05) is 0 Å². The highest BCUT2D eigenvalue weighted by atomic mass is 127. The lowest BCUT2D eigenvalue weighted by molar-refractivity contribution is 0.732. The van der Waals surface area contributed by atoms with E-state index in [0.29, 0.717) is 0 Å². The van der Waals surface area contributed by atoms with Crippen molar-refractivity contribution in [1.82, 2.24) is 0 Å². The molecule has 0 aromatic heterocycles. The Kier molecular flexibility index (Phi) is 4.13. The maximum Gasteiger partial charge on any atom is 0.0342 e. The summed E-state index contributed by atoms with van der Waals surface area (Å²) in [6.07, 6.45) is 0.852. The van der Waals surface area contributed by atoms with Crippen molar-refractivity contribution >= 4 is 22.6 Å². The summed E-state index contributed by atoms with van der Waals surface area (Å²) in [6.45, 7) is 8.12. The number of hydrogen-bond donors (Lipinski definition) is 1. The SMILES string of the molecule is C=C(I)CC(N)c1cccc(C)c1C. The van der Waals surface area contributed by atoms with Crippen LogP contribution in [0.15, 0.2) is 28.4 Å². The maximum atomic E-state index is 6.10. The van der Waals surface area contributed by atoms with Crippen LogP contribution >= 0.6 is 22.6 Å². The molecular weight excluding hydrogens is 285 g/mol. The Balaban J connectivity index is 2.95. The van der Waals surface area contributed by atoms with Gasteiger partial charge in [0.2, 0.25) is 0 Å². The lowest BCUT2D eigenvalue weighted by atomic mass is 9.96. The molecule has 0 heterocycles. The van der Waals surface area contributed by atoms with Gasteiger partial charge >= 0.3 is 0 Å². The fraction of sp³-hybridized carbons (Fsp3) is 0.333. The average Bonchev–Trinajstić information content (AvgIpc) is 2.08. The molecule has 1 nitrogen and oxygen atoms in total. The van der Waals surface area contributed by atoms with Gasteiger partial charge in [0.25, 0.3) is 0 Å². The van der Waals surface area contributed by atoms with E-state index < -0.39 is 0 Å². The average molecular weight is 301 g/mol. The first-order valence-electron chi connectivity index (χ1n) is 4.67. The molecule has 1 unspecified atom stereocenters. The van der Waals surface area contributed by atoms with Crippen molar-refractivity contribution in [1.29, 1.82) is 0 Å². The number of aryl methyl sites for hydroxylation is 1. The normalized spacial score (nSPS) is 12.6. The molecule has 1 aromatic rings. The first-order valence-corrected chi connectivity index (χ1v) is 5.75. The predicted octanol–water partition coefficient (Wildman–Crippen LogP) is 3.64. The van der Waals surface area contributed by atoms with Crippen molar-refractivity contribution in [3.63, 3.8) is 0 Å². The van der Waals surface area contributed by atoms with Crippen LogP contribution in [0.5, 0.6) is 0 Å². The third-order valence-electron chi connectivity index (χ3n) is 2.49. The van der Waals surface area contributed by atoms with Crippen LogP contribution in [0.4, 0.5) is 0 Å². The minimum Gasteiger partial charge on any atom is -0.324 e. The Bertz CT molecular complexity index is 344. The summed E-state index contributed by atoms with van der Waals surface area (Å²) in [5.41, 5.74) is 9.94. The molecule has 0 bridgehead atoms. The summed E-state index contributed by atoms with van der Waals surface area (Å²) in [6, 6.07) is 6.36. The van der Waals surface area contributed by atoms with Crippen molar-refractivity contribution < 1.29 is 0 Å². The second-order valence-electron chi connectivity index (χ2n) is 3.62. The first-order chi connectivity index (χ1) is 6.52. The largest absolute Gasteiger partial charge is 0.324 e. The predicted molar refractivity (Wildman–Crippen MR) is 70.6 cm³/mol. The molecule has 14 heavy (non-hydrogen) atoms. The van der Waals surface area contributed by atoms with Gasteiger partial charge < -0.3 is 5.73 Å². The van der Waals surface area contributed by atoms with E-state index in [2.05, 4.69) is 61.2 Å². The first kappa shape index (κ1) is 11.7. The topological polar surface area (TPSA) is 26.0 Å². The van der Waals surface area contributed by atoms with E-state index in [4.69, 9.17) is 5.73 Å². The van der Waals surface area contributed by atoms with Gasteiger partial charge in [-0.15, -0.1) is 0 Å². The molecular formula is C12H16IN. The van der Waals surface area contributed by atoms with Gasteiger partial charge in [0.15, 0.2) is 0 Å². The van der Waals surface area contributed by atoms with E-state index in [-0.39, 0.29) is 6.04 Å². The van der Waals surface area contributed by atoms with Crippen molar-refractivity contribution in [2.45, 2.75) is 26.3 Å². The van der Waals surface area contributed by atoms with Crippen LogP contribution in [0.2, 0.25) is 0 Å². The molecule has 0 aliphatic carbocycles. The van der Waals surface area contributed by atoms with E-state index in [1.807, 2.05) is 0 Å². The summed E-state index contributed by atoms with van der Waals surface area (Å²) in [5, 5.41) is 0. The van der Waals surface area contributed by atoms with E-state index >= 15 is 0 Å². The number of halogens is 1. The van der Waals surface area contributed by atoms with Gasteiger partial charge in [-0.25, -0.2) is 0 Å². The van der Waals surface area contributed by atoms with Gasteiger partial charge in [-0.1, -0.05) is 24.8 Å². The molecule has 0 radical (unpaired) electrons. The number of nitrogens with two attached hydrogens (primary N) is 1. The second kappa shape index (κ2) is 4.94. The van der Waals surface area contributed by atoms with Gasteiger partial charge in [-0.3, -0.25) is 0 Å². The summed E-state index contributed by atoms with van der Waals surface area (Å²) in [4.78, 5) is 0. The molecule has 0 fully saturated rings. The van der Waals surface area contributed by atoms with E-state index in [1.165, 1.54) is 16.7 Å². The van der Waals surface area contributed by atoms with Crippen LogP contribution in [-0.4, -0.2) is 0 Å². The van der Waals surface area contributed by atoms with Gasteiger partial charge in [0, 0.05) is 6.04 Å². The van der Waals surface area contributed by atoms with Crippen LogP contribution in [0.1, 0.15) is 29.2 Å². The van der Waals surface area contributed by atoms with Crippen molar-refractivity contribution in [3.8, 4) is 0 Å². The molecule has 1 aromatic carbocycles. The highest BCUT2D eigenvalue weighted by Gasteiger charge is 2.09. The lowest BCUT2D eigenvalue weighted by Crippen LogP contribution is -2.12. The van der Waals surface area contributed by atoms with Gasteiger partial charge in [0.05, 0.1) is 0 Å². The summed E-state index contributed by atoms with van der Waals surface area (Å²) < 4.78 is 1.11. The molecule has 2 heteroatoms. The third kappa shape index (κ3) is 2.82. The molecule has 1 atom stereocenters. The van der Waals surface area contributed by atoms with Crippen molar-refractivity contribution in [3.05, 3.63) is 45.0 Å².